The molecule has 2 nitrogen and oxygen atoms in total. The van der Waals surface area contributed by atoms with Crippen molar-refractivity contribution in [2.75, 3.05) is 7.05 Å². The highest BCUT2D eigenvalue weighted by molar-refractivity contribution is 7.99. The molecule has 0 radical (unpaired) electrons. The number of nitrogens with one attached hydrogen (secondary N) is 2. The highest BCUT2D eigenvalue weighted by Crippen LogP contribution is 2.33. The van der Waals surface area contributed by atoms with Gasteiger partial charge in [0, 0.05) is 27.4 Å². The Labute approximate surface area is 127 Å². The Balaban J connectivity index is 1.93. The van der Waals surface area contributed by atoms with Crippen molar-refractivity contribution < 1.29 is 0 Å². The van der Waals surface area contributed by atoms with Crippen LogP contribution < -0.4 is 5.32 Å². The van der Waals surface area contributed by atoms with E-state index in [2.05, 4.69) is 40.6 Å². The van der Waals surface area contributed by atoms with Crippen LogP contribution in [-0.4, -0.2) is 12.0 Å². The fraction of sp³-hybridized carbons (Fsp3) is 0.125. The number of aromatic nitrogens is 1. The zero-order chi connectivity index (χ0) is 13.9. The third-order valence-electron chi connectivity index (χ3n) is 3.11. The highest BCUT2D eigenvalue weighted by Gasteiger charge is 2.07. The minimum atomic E-state index is 0.774. The molecule has 0 aliphatic carbocycles. The molecule has 0 saturated carbocycles. The van der Waals surface area contributed by atoms with Gasteiger partial charge in [-0.05, 0) is 42.9 Å². The van der Waals surface area contributed by atoms with E-state index in [9.17, 15) is 0 Å². The Hall–Kier alpha value is -1.42. The van der Waals surface area contributed by atoms with Gasteiger partial charge in [0.1, 0.15) is 0 Å². The number of hydrogen-bond donors (Lipinski definition) is 2. The van der Waals surface area contributed by atoms with Crippen LogP contribution in [0.25, 0.3) is 10.9 Å². The van der Waals surface area contributed by atoms with Crippen LogP contribution in [0, 0.1) is 0 Å². The molecule has 3 aromatic rings. The van der Waals surface area contributed by atoms with E-state index in [-0.39, 0.29) is 0 Å². The van der Waals surface area contributed by atoms with Crippen LogP contribution in [0.4, 0.5) is 0 Å². The number of fused-ring (bicyclic) bond motifs is 1. The predicted molar refractivity (Wildman–Crippen MR) is 86.6 cm³/mol. The normalized spacial score (nSPS) is 11.1. The van der Waals surface area contributed by atoms with Gasteiger partial charge in [0.15, 0.2) is 0 Å². The van der Waals surface area contributed by atoms with E-state index in [1.165, 1.54) is 21.4 Å². The fourth-order valence-corrected chi connectivity index (χ4v) is 3.37. The lowest BCUT2D eigenvalue weighted by molar-refractivity contribution is 0.803. The number of H-pyrrole nitrogens is 1. The number of aromatic amines is 1. The van der Waals surface area contributed by atoms with Gasteiger partial charge in [0.05, 0.1) is 5.03 Å². The number of halogens is 1. The summed E-state index contributed by atoms with van der Waals surface area (Å²) in [5.74, 6) is 0. The summed E-state index contributed by atoms with van der Waals surface area (Å²) in [5.41, 5.74) is 2.38. The SMILES string of the molecule is CNCc1cc(Cl)ccc1Sc1cc2ccccc2[nH]1. The van der Waals surface area contributed by atoms with Gasteiger partial charge in [0.25, 0.3) is 0 Å². The second-order valence-electron chi connectivity index (χ2n) is 4.61. The summed E-state index contributed by atoms with van der Waals surface area (Å²) < 4.78 is 0. The van der Waals surface area contributed by atoms with Crippen molar-refractivity contribution in [1.29, 1.82) is 0 Å². The van der Waals surface area contributed by atoms with Gasteiger partial charge >= 0.3 is 0 Å². The Bertz CT molecular complexity index is 703. The van der Waals surface area contributed by atoms with Crippen molar-refractivity contribution in [1.82, 2.24) is 10.3 Å². The smallest absolute Gasteiger partial charge is 0.0780 e. The molecule has 3 rings (SSSR count). The van der Waals surface area contributed by atoms with Crippen molar-refractivity contribution in [2.24, 2.45) is 0 Å². The molecule has 0 fully saturated rings. The summed E-state index contributed by atoms with van der Waals surface area (Å²) in [6.45, 7) is 0.809. The number of rotatable bonds is 4. The van der Waals surface area contributed by atoms with Crippen LogP contribution in [0.2, 0.25) is 5.02 Å². The van der Waals surface area contributed by atoms with Gasteiger partial charge < -0.3 is 10.3 Å². The van der Waals surface area contributed by atoms with Gasteiger partial charge in [-0.1, -0.05) is 41.6 Å². The van der Waals surface area contributed by atoms with Crippen LogP contribution in [0.5, 0.6) is 0 Å². The summed E-state index contributed by atoms with van der Waals surface area (Å²) >= 11 is 7.81. The quantitative estimate of drug-likeness (QED) is 0.731. The monoisotopic (exact) mass is 302 g/mol. The first-order valence-electron chi connectivity index (χ1n) is 6.45. The fourth-order valence-electron chi connectivity index (χ4n) is 2.20. The van der Waals surface area contributed by atoms with Crippen LogP contribution in [0.1, 0.15) is 5.56 Å². The topological polar surface area (TPSA) is 27.8 Å². The molecule has 0 aliphatic rings. The standard InChI is InChI=1S/C16H15ClN2S/c1-18-10-12-8-13(17)6-7-15(12)20-16-9-11-4-2-3-5-14(11)19-16/h2-9,18-19H,10H2,1H3. The average Bonchev–Trinajstić information content (AvgIpc) is 2.84. The van der Waals surface area contributed by atoms with E-state index in [1.807, 2.05) is 25.2 Å². The van der Waals surface area contributed by atoms with E-state index in [1.54, 1.807) is 11.8 Å². The van der Waals surface area contributed by atoms with Crippen molar-refractivity contribution in [3.63, 3.8) is 0 Å². The lowest BCUT2D eigenvalue weighted by Gasteiger charge is -2.08. The predicted octanol–water partition coefficient (Wildman–Crippen LogP) is 4.69. The summed E-state index contributed by atoms with van der Waals surface area (Å²) in [4.78, 5) is 4.66. The van der Waals surface area contributed by atoms with Crippen LogP contribution >= 0.6 is 23.4 Å². The van der Waals surface area contributed by atoms with Crippen molar-refractivity contribution in [2.45, 2.75) is 16.5 Å². The third-order valence-corrected chi connectivity index (χ3v) is 4.41. The maximum Gasteiger partial charge on any atom is 0.0780 e. The lowest BCUT2D eigenvalue weighted by atomic mass is 10.2. The second kappa shape index (κ2) is 5.92. The van der Waals surface area contributed by atoms with E-state index >= 15 is 0 Å². The first kappa shape index (κ1) is 13.6. The highest BCUT2D eigenvalue weighted by atomic mass is 35.5. The van der Waals surface area contributed by atoms with E-state index < -0.39 is 0 Å². The minimum absolute atomic E-state index is 0.774. The van der Waals surface area contributed by atoms with Gasteiger partial charge in [-0.3, -0.25) is 0 Å². The van der Waals surface area contributed by atoms with E-state index in [0.717, 1.165) is 16.6 Å². The molecule has 4 heteroatoms. The lowest BCUT2D eigenvalue weighted by Crippen LogP contribution is -2.06. The number of hydrogen-bond acceptors (Lipinski definition) is 2. The van der Waals surface area contributed by atoms with Gasteiger partial charge in [-0.15, -0.1) is 0 Å². The van der Waals surface area contributed by atoms with Crippen LogP contribution in [0.3, 0.4) is 0 Å². The van der Waals surface area contributed by atoms with Gasteiger partial charge in [0.2, 0.25) is 0 Å². The Morgan fingerprint density at radius 3 is 2.80 bits per heavy atom. The van der Waals surface area contributed by atoms with Gasteiger partial charge in [-0.2, -0.15) is 0 Å². The summed E-state index contributed by atoms with van der Waals surface area (Å²) in [6.07, 6.45) is 0. The zero-order valence-electron chi connectivity index (χ0n) is 11.1. The molecule has 1 heterocycles. The molecule has 0 unspecified atom stereocenters. The van der Waals surface area contributed by atoms with Crippen molar-refractivity contribution in [3.05, 3.63) is 59.1 Å². The zero-order valence-corrected chi connectivity index (χ0v) is 12.7. The Kier molecular flexibility index (Phi) is 4.01. The molecule has 0 bridgehead atoms. The Morgan fingerprint density at radius 2 is 2.00 bits per heavy atom. The first-order chi connectivity index (χ1) is 9.76. The van der Waals surface area contributed by atoms with E-state index in [0.29, 0.717) is 0 Å². The molecule has 0 atom stereocenters. The second-order valence-corrected chi connectivity index (χ2v) is 6.13. The minimum Gasteiger partial charge on any atom is -0.349 e. The molecular weight excluding hydrogens is 288 g/mol. The van der Waals surface area contributed by atoms with E-state index in [4.69, 9.17) is 11.6 Å². The van der Waals surface area contributed by atoms with Gasteiger partial charge in [-0.25, -0.2) is 0 Å². The maximum absolute atomic E-state index is 6.07. The molecule has 1 aromatic heterocycles. The summed E-state index contributed by atoms with van der Waals surface area (Å²) in [5, 5.41) is 6.34. The molecule has 0 aliphatic heterocycles. The summed E-state index contributed by atoms with van der Waals surface area (Å²) in [7, 11) is 1.94. The van der Waals surface area contributed by atoms with Crippen molar-refractivity contribution >= 4 is 34.3 Å². The first-order valence-corrected chi connectivity index (χ1v) is 7.64. The average molecular weight is 303 g/mol. The molecule has 0 amide bonds. The number of para-hydroxylation sites is 1. The molecule has 2 N–H and O–H groups in total. The number of benzene rings is 2. The molecule has 0 spiro atoms. The Morgan fingerprint density at radius 1 is 1.15 bits per heavy atom. The summed E-state index contributed by atoms with van der Waals surface area (Å²) in [6, 6.07) is 16.5. The largest absolute Gasteiger partial charge is 0.349 e. The van der Waals surface area contributed by atoms with Crippen LogP contribution in [-0.2, 0) is 6.54 Å². The molecule has 0 saturated heterocycles. The maximum atomic E-state index is 6.07. The molecular formula is C16H15ClN2S. The molecule has 102 valence electrons. The van der Waals surface area contributed by atoms with Crippen molar-refractivity contribution in [3.8, 4) is 0 Å². The molecule has 20 heavy (non-hydrogen) atoms. The molecule has 2 aromatic carbocycles. The third kappa shape index (κ3) is 2.85. The van der Waals surface area contributed by atoms with Crippen LogP contribution in [0.15, 0.2) is 58.5 Å².